The fourth-order valence-electron chi connectivity index (χ4n) is 1.50. The van der Waals surface area contributed by atoms with Crippen molar-refractivity contribution in [1.82, 2.24) is 4.90 Å². The average Bonchev–Trinajstić information content (AvgIpc) is 2.40. The van der Waals surface area contributed by atoms with Crippen LogP contribution in [0.2, 0.25) is 0 Å². The number of hydrogen-bond donors (Lipinski definition) is 2. The first-order valence-electron chi connectivity index (χ1n) is 6.44. The summed E-state index contributed by atoms with van der Waals surface area (Å²) in [6, 6.07) is 5.22. The van der Waals surface area contributed by atoms with E-state index in [1.54, 1.807) is 37.1 Å². The molecule has 1 aromatic rings. The van der Waals surface area contributed by atoms with Gasteiger partial charge in [-0.05, 0) is 33.2 Å². The lowest BCUT2D eigenvalue weighted by molar-refractivity contribution is -0.115. The Morgan fingerprint density at radius 2 is 2.20 bits per heavy atom. The first-order valence-corrected chi connectivity index (χ1v) is 7.49. The number of carbonyl (C=O) groups is 1. The van der Waals surface area contributed by atoms with E-state index in [0.717, 1.165) is 12.3 Å². The Labute approximate surface area is 124 Å². The van der Waals surface area contributed by atoms with Gasteiger partial charge < -0.3 is 20.7 Å². The molecule has 3 N–H and O–H groups in total. The smallest absolute Gasteiger partial charge is 0.237 e. The molecule has 0 fully saturated rings. The Morgan fingerprint density at radius 3 is 2.75 bits per heavy atom. The molecule has 20 heavy (non-hydrogen) atoms. The van der Waals surface area contributed by atoms with Crippen molar-refractivity contribution in [3.63, 3.8) is 0 Å². The fourth-order valence-corrected chi connectivity index (χ4v) is 2.54. The third-order valence-corrected chi connectivity index (χ3v) is 3.92. The highest BCUT2D eigenvalue weighted by Crippen LogP contribution is 2.25. The van der Waals surface area contributed by atoms with Crippen LogP contribution in [0.25, 0.3) is 0 Å². The number of rotatable bonds is 7. The van der Waals surface area contributed by atoms with Crippen molar-refractivity contribution < 1.29 is 9.53 Å². The Balaban J connectivity index is 2.52. The largest absolute Gasteiger partial charge is 0.497 e. The van der Waals surface area contributed by atoms with Crippen LogP contribution in [0, 0.1) is 0 Å². The lowest BCUT2D eigenvalue weighted by atomic mass is 10.2. The topological polar surface area (TPSA) is 67.6 Å². The molecule has 0 aliphatic heterocycles. The quantitative estimate of drug-likeness (QED) is 0.752. The van der Waals surface area contributed by atoms with E-state index in [0.29, 0.717) is 17.1 Å². The van der Waals surface area contributed by atoms with Gasteiger partial charge in [0, 0.05) is 18.4 Å². The minimum Gasteiger partial charge on any atom is -0.497 e. The Kier molecular flexibility index (Phi) is 6.67. The summed E-state index contributed by atoms with van der Waals surface area (Å²) in [5.74, 6) is 1.55. The Hall–Kier alpha value is -1.40. The number of amides is 1. The van der Waals surface area contributed by atoms with Crippen LogP contribution in [-0.2, 0) is 4.79 Å². The number of nitrogens with two attached hydrogens (primary N) is 1. The van der Waals surface area contributed by atoms with E-state index < -0.39 is 0 Å². The number of methoxy groups -OCH3 is 1. The number of hydrogen-bond acceptors (Lipinski definition) is 5. The molecule has 0 heterocycles. The van der Waals surface area contributed by atoms with E-state index in [1.165, 1.54) is 0 Å². The zero-order chi connectivity index (χ0) is 15.1. The van der Waals surface area contributed by atoms with Gasteiger partial charge in [0.05, 0.1) is 23.7 Å². The van der Waals surface area contributed by atoms with Gasteiger partial charge in [0.25, 0.3) is 0 Å². The minimum atomic E-state index is -0.114. The summed E-state index contributed by atoms with van der Waals surface area (Å²) in [6.07, 6.45) is 0. The van der Waals surface area contributed by atoms with E-state index in [2.05, 4.69) is 10.2 Å². The van der Waals surface area contributed by atoms with E-state index in [9.17, 15) is 4.79 Å². The third-order valence-electron chi connectivity index (χ3n) is 2.79. The molecule has 5 nitrogen and oxygen atoms in total. The van der Waals surface area contributed by atoms with Gasteiger partial charge in [-0.25, -0.2) is 0 Å². The first kappa shape index (κ1) is 16.7. The van der Waals surface area contributed by atoms with Gasteiger partial charge >= 0.3 is 0 Å². The molecule has 1 amide bonds. The number of nitrogen functional groups attached to an aromatic ring is 1. The molecule has 0 saturated heterocycles. The molecule has 0 aliphatic carbocycles. The van der Waals surface area contributed by atoms with Gasteiger partial charge in [-0.2, -0.15) is 0 Å². The van der Waals surface area contributed by atoms with Crippen LogP contribution in [0.3, 0.4) is 0 Å². The number of benzene rings is 1. The maximum Gasteiger partial charge on any atom is 0.237 e. The number of ether oxygens (including phenoxy) is 1. The predicted molar refractivity (Wildman–Crippen MR) is 86.5 cm³/mol. The van der Waals surface area contributed by atoms with Crippen molar-refractivity contribution in [2.75, 3.05) is 44.6 Å². The summed E-state index contributed by atoms with van der Waals surface area (Å²) in [5, 5.41) is 2.73. The third kappa shape index (κ3) is 5.30. The number of nitrogens with one attached hydrogen (secondary N) is 1. The molecule has 0 aliphatic rings. The van der Waals surface area contributed by atoms with E-state index in [4.69, 9.17) is 10.5 Å². The van der Waals surface area contributed by atoms with E-state index in [1.807, 2.05) is 21.0 Å². The van der Waals surface area contributed by atoms with Gasteiger partial charge in [-0.1, -0.05) is 0 Å². The number of nitrogens with zero attached hydrogens (tertiary/aromatic N) is 1. The number of thioether (sulfide) groups is 1. The average molecular weight is 297 g/mol. The second-order valence-electron chi connectivity index (χ2n) is 4.76. The van der Waals surface area contributed by atoms with Crippen molar-refractivity contribution >= 4 is 29.0 Å². The van der Waals surface area contributed by atoms with Gasteiger partial charge in [0.2, 0.25) is 5.91 Å². The zero-order valence-corrected chi connectivity index (χ0v) is 13.3. The van der Waals surface area contributed by atoms with Crippen molar-refractivity contribution in [2.24, 2.45) is 0 Å². The molecular weight excluding hydrogens is 274 g/mol. The van der Waals surface area contributed by atoms with Gasteiger partial charge in [0.15, 0.2) is 0 Å². The maximum absolute atomic E-state index is 12.1. The molecule has 0 radical (unpaired) electrons. The van der Waals surface area contributed by atoms with Crippen LogP contribution in [-0.4, -0.2) is 49.6 Å². The minimum absolute atomic E-state index is 0.0365. The molecule has 1 atom stereocenters. The van der Waals surface area contributed by atoms with Crippen LogP contribution in [0.5, 0.6) is 5.75 Å². The van der Waals surface area contributed by atoms with Crippen LogP contribution in [0.1, 0.15) is 6.92 Å². The van der Waals surface area contributed by atoms with Gasteiger partial charge in [-0.15, -0.1) is 11.8 Å². The molecule has 0 bridgehead atoms. The molecule has 0 spiro atoms. The van der Waals surface area contributed by atoms with Crippen LogP contribution in [0.4, 0.5) is 11.4 Å². The lowest BCUT2D eigenvalue weighted by Crippen LogP contribution is -2.25. The first-order chi connectivity index (χ1) is 9.43. The van der Waals surface area contributed by atoms with E-state index in [-0.39, 0.29) is 11.2 Å². The second-order valence-corrected chi connectivity index (χ2v) is 6.21. The lowest BCUT2D eigenvalue weighted by Gasteiger charge is -2.15. The summed E-state index contributed by atoms with van der Waals surface area (Å²) in [7, 11) is 5.61. The SMILES string of the molecule is COc1ccc(NC(=O)C(C)SCCN(C)C)c(N)c1. The van der Waals surface area contributed by atoms with Crippen molar-refractivity contribution in [3.8, 4) is 5.75 Å². The normalized spacial score (nSPS) is 12.2. The second kappa shape index (κ2) is 8.01. The fraction of sp³-hybridized carbons (Fsp3) is 0.500. The van der Waals surface area contributed by atoms with Gasteiger partial charge in [0.1, 0.15) is 5.75 Å². The summed E-state index contributed by atoms with van der Waals surface area (Å²) in [6.45, 7) is 2.85. The van der Waals surface area contributed by atoms with Crippen molar-refractivity contribution in [1.29, 1.82) is 0 Å². The molecule has 0 saturated carbocycles. The Bertz CT molecular complexity index is 452. The highest BCUT2D eigenvalue weighted by atomic mass is 32.2. The molecule has 112 valence electrons. The number of anilines is 2. The maximum atomic E-state index is 12.1. The molecule has 6 heteroatoms. The van der Waals surface area contributed by atoms with Crippen LogP contribution >= 0.6 is 11.8 Å². The van der Waals surface area contributed by atoms with Crippen molar-refractivity contribution in [2.45, 2.75) is 12.2 Å². The van der Waals surface area contributed by atoms with Crippen molar-refractivity contribution in [3.05, 3.63) is 18.2 Å². The van der Waals surface area contributed by atoms with Crippen LogP contribution in [0.15, 0.2) is 18.2 Å². The Morgan fingerprint density at radius 1 is 1.50 bits per heavy atom. The monoisotopic (exact) mass is 297 g/mol. The predicted octanol–water partition coefficient (Wildman–Crippen LogP) is 1.90. The summed E-state index contributed by atoms with van der Waals surface area (Å²) in [4.78, 5) is 14.2. The van der Waals surface area contributed by atoms with E-state index >= 15 is 0 Å². The molecule has 1 aromatic carbocycles. The van der Waals surface area contributed by atoms with Crippen LogP contribution < -0.4 is 15.8 Å². The zero-order valence-electron chi connectivity index (χ0n) is 12.5. The molecule has 1 rings (SSSR count). The molecule has 0 aromatic heterocycles. The standard InChI is InChI=1S/C14H23N3O2S/c1-10(20-8-7-17(2)3)14(18)16-13-6-5-11(19-4)9-12(13)15/h5-6,9-10H,7-8,15H2,1-4H3,(H,16,18). The highest BCUT2D eigenvalue weighted by molar-refractivity contribution is 8.00. The summed E-state index contributed by atoms with van der Waals surface area (Å²) < 4.78 is 5.08. The number of carbonyl (C=O) groups excluding carboxylic acids is 1. The summed E-state index contributed by atoms with van der Waals surface area (Å²) >= 11 is 1.63. The molecular formula is C14H23N3O2S. The van der Waals surface area contributed by atoms with Gasteiger partial charge in [-0.3, -0.25) is 4.79 Å². The highest BCUT2D eigenvalue weighted by Gasteiger charge is 2.14. The molecule has 1 unspecified atom stereocenters. The summed E-state index contributed by atoms with van der Waals surface area (Å²) in [5.41, 5.74) is 7.00.